The molecule has 1 aromatic carbocycles. The molecule has 0 spiro atoms. The van der Waals surface area contributed by atoms with E-state index in [4.69, 9.17) is 20.5 Å². The first-order valence-electron chi connectivity index (χ1n) is 13.0. The highest BCUT2D eigenvalue weighted by Gasteiger charge is 2.47. The van der Waals surface area contributed by atoms with Gasteiger partial charge in [0.1, 0.15) is 17.2 Å². The molecule has 2 aromatic rings. The van der Waals surface area contributed by atoms with Gasteiger partial charge in [0.05, 0.1) is 0 Å². The van der Waals surface area contributed by atoms with Gasteiger partial charge in [-0.3, -0.25) is 9.59 Å². The Morgan fingerprint density at radius 3 is 2.61 bits per heavy atom. The van der Waals surface area contributed by atoms with Gasteiger partial charge < -0.3 is 41.2 Å². The van der Waals surface area contributed by atoms with Crippen LogP contribution in [0.5, 0.6) is 0 Å². The number of rotatable bonds is 10. The molecule has 0 unspecified atom stereocenters. The number of hydrogen-bond donors (Lipinski definition) is 7. The lowest BCUT2D eigenvalue weighted by Crippen LogP contribution is -2.60. The molecule has 0 bridgehead atoms. The Balaban J connectivity index is 1.72. The van der Waals surface area contributed by atoms with E-state index in [9.17, 15) is 19.5 Å². The lowest BCUT2D eigenvalue weighted by atomic mass is 9.66. The predicted octanol–water partition coefficient (Wildman–Crippen LogP) is 1.78. The summed E-state index contributed by atoms with van der Waals surface area (Å²) in [5.41, 5.74) is 5.77. The molecule has 1 fully saturated rings. The molecule has 1 saturated carbocycles. The first-order chi connectivity index (χ1) is 17.8. The zero-order chi connectivity index (χ0) is 28.1. The number of aliphatic carboxylic acids is 1. The maximum Gasteiger partial charge on any atom is 0.451 e. The fraction of sp³-hybridized carbons (Fsp3) is 0.577. The van der Waals surface area contributed by atoms with E-state index in [1.54, 1.807) is 27.0 Å². The second-order valence-corrected chi connectivity index (χ2v) is 11.3. The minimum atomic E-state index is -1.57. The molecule has 3 rings (SSSR count). The van der Waals surface area contributed by atoms with Crippen LogP contribution in [0.25, 0.3) is 10.9 Å². The number of carbonyl (C=O) groups is 3. The SMILES string of the molecule is CC(C)(C)OC(=O)N[C@@H](Cc1c[nH]c2ccccc12)C(=O)NC[C@@H]1CC[C@@H](CCB(O)O)C[C@]1(N)C(=O)O. The smallest absolute Gasteiger partial charge is 0.451 e. The predicted molar refractivity (Wildman–Crippen MR) is 143 cm³/mol. The lowest BCUT2D eigenvalue weighted by Gasteiger charge is -2.41. The number of amides is 2. The number of nitrogens with one attached hydrogen (secondary N) is 3. The van der Waals surface area contributed by atoms with Crippen molar-refractivity contribution < 1.29 is 34.3 Å². The Kier molecular flexibility index (Phi) is 9.45. The second-order valence-electron chi connectivity index (χ2n) is 11.3. The Morgan fingerprint density at radius 2 is 1.95 bits per heavy atom. The highest BCUT2D eigenvalue weighted by Crippen LogP contribution is 2.38. The van der Waals surface area contributed by atoms with Crippen LogP contribution in [0.1, 0.15) is 52.0 Å². The number of fused-ring (bicyclic) bond motifs is 1. The van der Waals surface area contributed by atoms with Gasteiger partial charge in [0.25, 0.3) is 0 Å². The van der Waals surface area contributed by atoms with Crippen LogP contribution in [0.15, 0.2) is 30.5 Å². The van der Waals surface area contributed by atoms with Crippen LogP contribution in [-0.2, 0) is 20.7 Å². The molecule has 1 aliphatic carbocycles. The molecule has 4 atom stereocenters. The molecular weight excluding hydrogens is 491 g/mol. The number of hydrogen-bond acceptors (Lipinski definition) is 7. The van der Waals surface area contributed by atoms with Crippen LogP contribution in [0.3, 0.4) is 0 Å². The Labute approximate surface area is 222 Å². The molecule has 8 N–H and O–H groups in total. The van der Waals surface area contributed by atoms with E-state index in [-0.39, 0.29) is 31.6 Å². The topological polar surface area (TPSA) is 187 Å². The number of aromatic amines is 1. The molecule has 38 heavy (non-hydrogen) atoms. The van der Waals surface area contributed by atoms with Crippen molar-refractivity contribution >= 4 is 36.0 Å². The minimum Gasteiger partial charge on any atom is -0.480 e. The fourth-order valence-electron chi connectivity index (χ4n) is 5.14. The molecule has 1 aromatic heterocycles. The average molecular weight is 530 g/mol. The number of aromatic nitrogens is 1. The Morgan fingerprint density at radius 1 is 1.24 bits per heavy atom. The minimum absolute atomic E-state index is 0.0252. The van der Waals surface area contributed by atoms with Gasteiger partial charge in [-0.05, 0) is 63.9 Å². The summed E-state index contributed by atoms with van der Waals surface area (Å²) in [6, 6.07) is 6.66. The third-order valence-electron chi connectivity index (χ3n) is 7.14. The van der Waals surface area contributed by atoms with Gasteiger partial charge in [-0.15, -0.1) is 0 Å². The van der Waals surface area contributed by atoms with Crippen molar-refractivity contribution in [1.29, 1.82) is 0 Å². The normalized spacial score (nSPS) is 22.5. The average Bonchev–Trinajstić information content (AvgIpc) is 3.23. The van der Waals surface area contributed by atoms with Crippen LogP contribution in [-0.4, -0.2) is 69.0 Å². The number of H-pyrrole nitrogens is 1. The largest absolute Gasteiger partial charge is 0.480 e. The van der Waals surface area contributed by atoms with Crippen LogP contribution in [0, 0.1) is 11.8 Å². The summed E-state index contributed by atoms with van der Waals surface area (Å²) in [6.07, 6.45) is 3.15. The van der Waals surface area contributed by atoms with Gasteiger partial charge in [0.15, 0.2) is 0 Å². The summed E-state index contributed by atoms with van der Waals surface area (Å²) in [6.45, 7) is 5.21. The molecule has 0 saturated heterocycles. The van der Waals surface area contributed by atoms with Crippen molar-refractivity contribution in [3.05, 3.63) is 36.0 Å². The molecule has 0 aliphatic heterocycles. The van der Waals surface area contributed by atoms with Crippen molar-refractivity contribution in [3.63, 3.8) is 0 Å². The number of ether oxygens (including phenoxy) is 1. The molecule has 12 heteroatoms. The zero-order valence-corrected chi connectivity index (χ0v) is 22.2. The van der Waals surface area contributed by atoms with Crippen molar-refractivity contribution in [2.45, 2.75) is 76.4 Å². The lowest BCUT2D eigenvalue weighted by molar-refractivity contribution is -0.148. The maximum atomic E-state index is 13.3. The van der Waals surface area contributed by atoms with Gasteiger partial charge >= 0.3 is 19.2 Å². The highest BCUT2D eigenvalue weighted by molar-refractivity contribution is 6.40. The first-order valence-corrected chi connectivity index (χ1v) is 13.0. The first kappa shape index (κ1) is 29.5. The molecule has 2 amide bonds. The maximum absolute atomic E-state index is 13.3. The van der Waals surface area contributed by atoms with Crippen molar-refractivity contribution in [1.82, 2.24) is 15.6 Å². The van der Waals surface area contributed by atoms with Gasteiger partial charge in [-0.1, -0.05) is 24.6 Å². The van der Waals surface area contributed by atoms with Gasteiger partial charge in [0.2, 0.25) is 5.91 Å². The summed E-state index contributed by atoms with van der Waals surface area (Å²) in [5, 5.41) is 34.7. The molecule has 0 radical (unpaired) electrons. The van der Waals surface area contributed by atoms with E-state index >= 15 is 0 Å². The summed E-state index contributed by atoms with van der Waals surface area (Å²) >= 11 is 0. The zero-order valence-electron chi connectivity index (χ0n) is 22.2. The van der Waals surface area contributed by atoms with E-state index < -0.39 is 48.2 Å². The monoisotopic (exact) mass is 530 g/mol. The fourth-order valence-corrected chi connectivity index (χ4v) is 5.14. The van der Waals surface area contributed by atoms with E-state index in [1.165, 1.54) is 0 Å². The molecule has 11 nitrogen and oxygen atoms in total. The number of carboxylic acid groups (broad SMARTS) is 1. The van der Waals surface area contributed by atoms with Gasteiger partial charge in [0, 0.05) is 36.0 Å². The third-order valence-corrected chi connectivity index (χ3v) is 7.14. The van der Waals surface area contributed by atoms with E-state index in [0.717, 1.165) is 16.5 Å². The summed E-state index contributed by atoms with van der Waals surface area (Å²) < 4.78 is 5.36. The number of para-hydroxylation sites is 1. The van der Waals surface area contributed by atoms with Crippen LogP contribution in [0.2, 0.25) is 6.32 Å². The third kappa shape index (κ3) is 7.72. The number of nitrogens with two attached hydrogens (primary N) is 1. The number of carboxylic acids is 1. The number of carbonyl (C=O) groups excluding carboxylic acids is 2. The van der Waals surface area contributed by atoms with E-state index in [0.29, 0.717) is 19.3 Å². The van der Waals surface area contributed by atoms with Crippen LogP contribution < -0.4 is 16.4 Å². The standard InChI is InChI=1S/C26H39BN4O7/c1-25(2,3)38-24(35)31-21(12-17-14-29-20-7-5-4-6-19(17)20)22(32)30-15-18-9-8-16(10-11-27(36)37)13-26(18,28)23(33)34/h4-7,14,16,18,21,29,36-37H,8-13,15,28H2,1-3H3,(H,30,32)(H,31,35)(H,33,34)/t16-,18-,21-,26+/m0/s1. The van der Waals surface area contributed by atoms with E-state index in [2.05, 4.69) is 15.6 Å². The van der Waals surface area contributed by atoms with Crippen molar-refractivity contribution in [2.75, 3.05) is 6.54 Å². The summed E-state index contributed by atoms with van der Waals surface area (Å²) in [7, 11) is -1.45. The summed E-state index contributed by atoms with van der Waals surface area (Å²) in [5.74, 6) is -2.23. The molecular formula is C26H39BN4O7. The van der Waals surface area contributed by atoms with Gasteiger partial charge in [-0.2, -0.15) is 0 Å². The quantitative estimate of drug-likeness (QED) is 0.226. The Hall–Kier alpha value is -3.09. The summed E-state index contributed by atoms with van der Waals surface area (Å²) in [4.78, 5) is 41.2. The second kappa shape index (κ2) is 12.2. The number of alkyl carbamates (subject to hydrolysis) is 1. The van der Waals surface area contributed by atoms with Crippen molar-refractivity contribution in [3.8, 4) is 0 Å². The number of benzene rings is 1. The van der Waals surface area contributed by atoms with Crippen LogP contribution in [0.4, 0.5) is 4.79 Å². The molecule has 1 heterocycles. The highest BCUT2D eigenvalue weighted by atomic mass is 16.6. The van der Waals surface area contributed by atoms with Crippen molar-refractivity contribution in [2.24, 2.45) is 17.6 Å². The van der Waals surface area contributed by atoms with Gasteiger partial charge in [-0.25, -0.2) is 4.79 Å². The molecule has 1 aliphatic rings. The molecule has 208 valence electrons. The Bertz CT molecular complexity index is 1130. The van der Waals surface area contributed by atoms with Crippen LogP contribution >= 0.6 is 0 Å². The van der Waals surface area contributed by atoms with E-state index in [1.807, 2.05) is 24.3 Å².